The maximum atomic E-state index is 14.7. The highest BCUT2D eigenvalue weighted by atomic mass is 32.2. The summed E-state index contributed by atoms with van der Waals surface area (Å²) < 4.78 is 56.3. The molecule has 3 atom stereocenters. The summed E-state index contributed by atoms with van der Waals surface area (Å²) in [5.74, 6) is -4.44. The molecule has 0 aliphatic rings. The van der Waals surface area contributed by atoms with Crippen LogP contribution in [-0.2, 0) is 21.3 Å². The summed E-state index contributed by atoms with van der Waals surface area (Å²) in [7, 11) is -1.82. The predicted molar refractivity (Wildman–Crippen MR) is 86.5 cm³/mol. The number of carboxylic acid groups (broad SMARTS) is 1. The van der Waals surface area contributed by atoms with Gasteiger partial charge in [0.15, 0.2) is 0 Å². The Morgan fingerprint density at radius 2 is 1.83 bits per heavy atom. The van der Waals surface area contributed by atoms with Crippen molar-refractivity contribution in [1.82, 2.24) is 4.72 Å². The fraction of sp³-hybridized carbons (Fsp3) is 0.438. The summed E-state index contributed by atoms with van der Waals surface area (Å²) in [4.78, 5) is 10.6. The van der Waals surface area contributed by atoms with Crippen molar-refractivity contribution in [1.29, 1.82) is 0 Å². The fourth-order valence-corrected chi connectivity index (χ4v) is 2.77. The number of alkyl halides is 1. The van der Waals surface area contributed by atoms with Gasteiger partial charge in [-0.25, -0.2) is 22.5 Å². The number of rotatable bonds is 6. The Labute approximate surface area is 141 Å². The molecule has 134 valence electrons. The summed E-state index contributed by atoms with van der Waals surface area (Å²) in [6.45, 7) is 6.07. The summed E-state index contributed by atoms with van der Waals surface area (Å²) in [5.41, 5.74) is -2.12. The first-order valence-corrected chi connectivity index (χ1v) is 8.24. The Morgan fingerprint density at radius 3 is 2.29 bits per heavy atom. The van der Waals surface area contributed by atoms with E-state index in [9.17, 15) is 22.2 Å². The van der Waals surface area contributed by atoms with E-state index in [0.717, 1.165) is 6.07 Å². The molecule has 0 aliphatic carbocycles. The largest absolute Gasteiger partial charge is 0.476 e. The van der Waals surface area contributed by atoms with Crippen LogP contribution in [0.1, 0.15) is 33.3 Å². The molecule has 0 bridgehead atoms. The zero-order valence-corrected chi connectivity index (χ0v) is 14.6. The number of halogens is 3. The molecule has 0 saturated carbocycles. The Balaban J connectivity index is 3.42. The van der Waals surface area contributed by atoms with Crippen LogP contribution in [0.3, 0.4) is 0 Å². The average molecular weight is 363 g/mol. The Kier molecular flexibility index (Phi) is 6.35. The summed E-state index contributed by atoms with van der Waals surface area (Å²) in [5, 5.41) is 8.57. The van der Waals surface area contributed by atoms with Gasteiger partial charge in [-0.3, -0.25) is 0 Å². The van der Waals surface area contributed by atoms with Crippen LogP contribution in [0.15, 0.2) is 36.2 Å². The molecule has 2 N–H and O–H groups in total. The van der Waals surface area contributed by atoms with Crippen LogP contribution in [0.25, 0.3) is 0 Å². The number of hydrogen-bond donors (Lipinski definition) is 2. The van der Waals surface area contributed by atoms with E-state index in [-0.39, 0.29) is 11.6 Å². The number of carbonyl (C=O) groups is 1. The lowest BCUT2D eigenvalue weighted by Gasteiger charge is -2.35. The second-order valence-corrected chi connectivity index (χ2v) is 8.35. The first-order valence-electron chi connectivity index (χ1n) is 7.09. The van der Waals surface area contributed by atoms with Crippen LogP contribution in [0.4, 0.5) is 13.2 Å². The third-order valence-corrected chi connectivity index (χ3v) is 5.06. The maximum Gasteiger partial charge on any atom is 0.364 e. The minimum absolute atomic E-state index is 0.190. The zero-order chi connectivity index (χ0) is 18.7. The number of nitrogens with one attached hydrogen (secondary N) is 1. The number of hydrogen-bond acceptors (Lipinski definition) is 2. The standard InChI is InChI=1S/C16H20F3NO3S/c1-15(2,3)24(23)20-16(4,10-7-5-6-8-11(10)17)13(19)9-12(18)14(21)22/h5-9,13,20H,1-4H3,(H,21,22)/b12-9-/t13-,16+,24?/m0/s1. The normalized spacial score (nSPS) is 17.9. The van der Waals surface area contributed by atoms with Crippen molar-refractivity contribution in [2.45, 2.75) is 44.2 Å². The lowest BCUT2D eigenvalue weighted by atomic mass is 9.87. The first kappa shape index (κ1) is 20.4. The average Bonchev–Trinajstić information content (AvgIpc) is 2.46. The molecule has 1 unspecified atom stereocenters. The molecule has 0 radical (unpaired) electrons. The fourth-order valence-electron chi connectivity index (χ4n) is 1.85. The van der Waals surface area contributed by atoms with Gasteiger partial charge in [0, 0.05) is 5.56 Å². The van der Waals surface area contributed by atoms with Crippen LogP contribution in [0.2, 0.25) is 0 Å². The van der Waals surface area contributed by atoms with Gasteiger partial charge in [0.05, 0.1) is 21.3 Å². The molecule has 0 aromatic heterocycles. The van der Waals surface area contributed by atoms with E-state index < -0.39 is 45.1 Å². The van der Waals surface area contributed by atoms with E-state index in [1.807, 2.05) is 0 Å². The van der Waals surface area contributed by atoms with Gasteiger partial charge in [-0.2, -0.15) is 4.39 Å². The van der Waals surface area contributed by atoms with Crippen LogP contribution >= 0.6 is 0 Å². The third kappa shape index (κ3) is 4.67. The van der Waals surface area contributed by atoms with Crippen LogP contribution in [0.5, 0.6) is 0 Å². The van der Waals surface area contributed by atoms with E-state index >= 15 is 0 Å². The third-order valence-electron chi connectivity index (χ3n) is 3.34. The molecule has 0 saturated heterocycles. The highest BCUT2D eigenvalue weighted by Crippen LogP contribution is 2.32. The smallest absolute Gasteiger partial charge is 0.364 e. The van der Waals surface area contributed by atoms with Crippen molar-refractivity contribution in [3.63, 3.8) is 0 Å². The van der Waals surface area contributed by atoms with Crippen molar-refractivity contribution >= 4 is 17.0 Å². The van der Waals surface area contributed by atoms with Crippen LogP contribution in [-0.4, -0.2) is 26.2 Å². The highest BCUT2D eigenvalue weighted by Gasteiger charge is 2.41. The topological polar surface area (TPSA) is 66.4 Å². The Hall–Kier alpha value is -1.67. The van der Waals surface area contributed by atoms with E-state index in [0.29, 0.717) is 0 Å². The van der Waals surface area contributed by atoms with Gasteiger partial charge in [0.1, 0.15) is 12.0 Å². The second kappa shape index (κ2) is 7.48. The lowest BCUT2D eigenvalue weighted by molar-refractivity contribution is -0.134. The maximum absolute atomic E-state index is 14.7. The van der Waals surface area contributed by atoms with E-state index in [1.165, 1.54) is 25.1 Å². The van der Waals surface area contributed by atoms with Gasteiger partial charge in [-0.05, 0) is 39.8 Å². The number of carboxylic acids is 1. The lowest BCUT2D eigenvalue weighted by Crippen LogP contribution is -2.51. The van der Waals surface area contributed by atoms with Crippen molar-refractivity contribution in [2.75, 3.05) is 0 Å². The number of benzene rings is 1. The van der Waals surface area contributed by atoms with Gasteiger partial charge in [-0.1, -0.05) is 18.2 Å². The van der Waals surface area contributed by atoms with Gasteiger partial charge < -0.3 is 5.11 Å². The molecule has 0 heterocycles. The van der Waals surface area contributed by atoms with Crippen molar-refractivity contribution in [3.05, 3.63) is 47.5 Å². The summed E-state index contributed by atoms with van der Waals surface area (Å²) in [6.07, 6.45) is -2.06. The molecule has 8 heteroatoms. The monoisotopic (exact) mass is 363 g/mol. The molecule has 24 heavy (non-hydrogen) atoms. The van der Waals surface area contributed by atoms with E-state index in [4.69, 9.17) is 5.11 Å². The first-order chi connectivity index (χ1) is 10.9. The quantitative estimate of drug-likeness (QED) is 0.762. The van der Waals surface area contributed by atoms with Crippen LogP contribution < -0.4 is 4.72 Å². The molecule has 0 aliphatic heterocycles. The highest BCUT2D eigenvalue weighted by molar-refractivity contribution is 7.84. The minimum Gasteiger partial charge on any atom is -0.476 e. The van der Waals surface area contributed by atoms with Crippen LogP contribution in [0, 0.1) is 5.82 Å². The molecule has 1 rings (SSSR count). The van der Waals surface area contributed by atoms with Crippen molar-refractivity contribution < 1.29 is 27.3 Å². The van der Waals surface area contributed by atoms with Gasteiger partial charge >= 0.3 is 5.97 Å². The van der Waals surface area contributed by atoms with Crippen molar-refractivity contribution in [2.24, 2.45) is 0 Å². The van der Waals surface area contributed by atoms with E-state index in [1.54, 1.807) is 20.8 Å². The zero-order valence-electron chi connectivity index (χ0n) is 13.8. The second-order valence-electron chi connectivity index (χ2n) is 6.39. The molecule has 0 fully saturated rings. The van der Waals surface area contributed by atoms with Gasteiger partial charge in [0.25, 0.3) is 0 Å². The minimum atomic E-state index is -2.28. The Morgan fingerprint density at radius 1 is 1.29 bits per heavy atom. The van der Waals surface area contributed by atoms with Crippen molar-refractivity contribution in [3.8, 4) is 0 Å². The predicted octanol–water partition coefficient (Wildman–Crippen LogP) is 3.37. The molecular formula is C16H20F3NO3S. The molecule has 1 aromatic carbocycles. The van der Waals surface area contributed by atoms with Gasteiger partial charge in [0.2, 0.25) is 5.83 Å². The molecule has 0 amide bonds. The molecule has 4 nitrogen and oxygen atoms in total. The summed E-state index contributed by atoms with van der Waals surface area (Å²) in [6, 6.07) is 5.18. The van der Waals surface area contributed by atoms with E-state index in [2.05, 4.69) is 4.72 Å². The number of aliphatic carboxylic acids is 1. The molecule has 0 spiro atoms. The molecule has 1 aromatic rings. The SMILES string of the molecule is CC(C)(C)S(=O)N[C@](C)(c1ccccc1F)[C@@H](F)/C=C(\F)C(=O)O. The molecular weight excluding hydrogens is 343 g/mol. The van der Waals surface area contributed by atoms with Gasteiger partial charge in [-0.15, -0.1) is 0 Å². The summed E-state index contributed by atoms with van der Waals surface area (Å²) >= 11 is 0. The Bertz CT molecular complexity index is 673.